The summed E-state index contributed by atoms with van der Waals surface area (Å²) in [5.74, 6) is -1.73. The molecule has 2 aromatic carbocycles. The Hall–Kier alpha value is -2.23. The third-order valence-corrected chi connectivity index (χ3v) is 7.49. The van der Waals surface area contributed by atoms with Crippen LogP contribution in [0.3, 0.4) is 0 Å². The summed E-state index contributed by atoms with van der Waals surface area (Å²) in [5.41, 5.74) is 0.757. The molecule has 0 N–H and O–H groups in total. The number of ether oxygens (including phenoxy) is 1. The number of nitrogens with zero attached hydrogens (tertiary/aromatic N) is 2. The lowest BCUT2D eigenvalue weighted by molar-refractivity contribution is -0.135. The standard InChI is InChI=1S/C21H23ClF2N2O4S/c1-25(13-15-11-16(22)3-6-19(15)30-2)21(27)14-7-9-26(10-8-14)31(28,29)20-12-17(23)4-5-18(20)24/h3-6,11-12,14H,7-10,13H2,1-2H3. The molecule has 0 aromatic heterocycles. The Morgan fingerprint density at radius 1 is 1.19 bits per heavy atom. The smallest absolute Gasteiger partial charge is 0.246 e. The van der Waals surface area contributed by atoms with Gasteiger partial charge in [0.2, 0.25) is 15.9 Å². The maximum atomic E-state index is 14.0. The van der Waals surface area contributed by atoms with Gasteiger partial charge < -0.3 is 9.64 Å². The fraction of sp³-hybridized carbons (Fsp3) is 0.381. The highest BCUT2D eigenvalue weighted by atomic mass is 35.5. The maximum absolute atomic E-state index is 14.0. The van der Waals surface area contributed by atoms with Gasteiger partial charge in [-0.2, -0.15) is 4.31 Å². The molecule has 0 bridgehead atoms. The number of carbonyl (C=O) groups excluding carboxylic acids is 1. The van der Waals surface area contributed by atoms with Gasteiger partial charge in [0.05, 0.1) is 7.11 Å². The summed E-state index contributed by atoms with van der Waals surface area (Å²) in [6, 6.07) is 7.48. The predicted molar refractivity (Wildman–Crippen MR) is 112 cm³/mol. The molecular weight excluding hydrogens is 450 g/mol. The number of methoxy groups -OCH3 is 1. The minimum Gasteiger partial charge on any atom is -0.496 e. The Kier molecular flexibility index (Phi) is 7.18. The van der Waals surface area contributed by atoms with E-state index in [1.165, 1.54) is 7.11 Å². The van der Waals surface area contributed by atoms with Crippen LogP contribution in [0.4, 0.5) is 8.78 Å². The number of halogens is 3. The van der Waals surface area contributed by atoms with Crippen molar-refractivity contribution in [2.75, 3.05) is 27.2 Å². The first-order valence-corrected chi connectivity index (χ1v) is 11.5. The minimum atomic E-state index is -4.18. The lowest BCUT2D eigenvalue weighted by Crippen LogP contribution is -2.43. The summed E-state index contributed by atoms with van der Waals surface area (Å²) in [5, 5.41) is 0.528. The summed E-state index contributed by atoms with van der Waals surface area (Å²) in [6.07, 6.45) is 0.567. The van der Waals surface area contributed by atoms with Crippen LogP contribution in [0.2, 0.25) is 5.02 Å². The Labute approximate surface area is 185 Å². The average Bonchev–Trinajstić information content (AvgIpc) is 2.75. The van der Waals surface area contributed by atoms with E-state index >= 15 is 0 Å². The molecule has 1 fully saturated rings. The Morgan fingerprint density at radius 3 is 2.52 bits per heavy atom. The van der Waals surface area contributed by atoms with Crippen LogP contribution in [0, 0.1) is 17.6 Å². The fourth-order valence-corrected chi connectivity index (χ4v) is 5.41. The van der Waals surface area contributed by atoms with Gasteiger partial charge >= 0.3 is 0 Å². The van der Waals surface area contributed by atoms with Crippen molar-refractivity contribution in [3.63, 3.8) is 0 Å². The SMILES string of the molecule is COc1ccc(Cl)cc1CN(C)C(=O)C1CCN(S(=O)(=O)c2cc(F)ccc2F)CC1. The normalized spacial score (nSPS) is 15.6. The summed E-state index contributed by atoms with van der Waals surface area (Å²) in [4.78, 5) is 13.7. The number of hydrogen-bond acceptors (Lipinski definition) is 4. The van der Waals surface area contributed by atoms with E-state index in [0.717, 1.165) is 22.0 Å². The van der Waals surface area contributed by atoms with Gasteiger partial charge in [0, 0.05) is 43.2 Å². The van der Waals surface area contributed by atoms with Crippen LogP contribution in [-0.2, 0) is 21.4 Å². The zero-order chi connectivity index (χ0) is 22.8. The monoisotopic (exact) mass is 472 g/mol. The molecule has 0 spiro atoms. The summed E-state index contributed by atoms with van der Waals surface area (Å²) >= 11 is 6.04. The lowest BCUT2D eigenvalue weighted by Gasteiger charge is -2.32. The second-order valence-electron chi connectivity index (χ2n) is 7.40. The van der Waals surface area contributed by atoms with Crippen molar-refractivity contribution >= 4 is 27.5 Å². The van der Waals surface area contributed by atoms with Gasteiger partial charge in [-0.15, -0.1) is 0 Å². The van der Waals surface area contributed by atoms with Crippen LogP contribution < -0.4 is 4.74 Å². The van der Waals surface area contributed by atoms with E-state index in [4.69, 9.17) is 16.3 Å². The van der Waals surface area contributed by atoms with Crippen molar-refractivity contribution in [3.8, 4) is 5.75 Å². The third-order valence-electron chi connectivity index (χ3n) is 5.34. The first-order valence-electron chi connectivity index (χ1n) is 9.66. The van der Waals surface area contributed by atoms with Crippen LogP contribution in [0.15, 0.2) is 41.3 Å². The number of carbonyl (C=O) groups is 1. The number of sulfonamides is 1. The zero-order valence-corrected chi connectivity index (χ0v) is 18.7. The molecule has 1 aliphatic heterocycles. The van der Waals surface area contributed by atoms with E-state index in [-0.39, 0.29) is 44.3 Å². The second kappa shape index (κ2) is 9.50. The molecule has 3 rings (SSSR count). The molecule has 6 nitrogen and oxygen atoms in total. The molecule has 0 aliphatic carbocycles. The quantitative estimate of drug-likeness (QED) is 0.643. The maximum Gasteiger partial charge on any atom is 0.246 e. The van der Waals surface area contributed by atoms with Gasteiger partial charge in [-0.05, 0) is 49.2 Å². The van der Waals surface area contributed by atoms with Crippen molar-refractivity contribution in [1.82, 2.24) is 9.21 Å². The predicted octanol–water partition coefficient (Wildman–Crippen LogP) is 3.69. The third kappa shape index (κ3) is 5.16. The Balaban J connectivity index is 1.66. The summed E-state index contributed by atoms with van der Waals surface area (Å²) < 4.78 is 59.2. The molecule has 0 unspecified atom stereocenters. The van der Waals surface area contributed by atoms with Crippen molar-refractivity contribution in [2.45, 2.75) is 24.3 Å². The van der Waals surface area contributed by atoms with Crippen molar-refractivity contribution in [2.24, 2.45) is 5.92 Å². The number of amides is 1. The summed E-state index contributed by atoms with van der Waals surface area (Å²) in [7, 11) is -0.990. The molecule has 31 heavy (non-hydrogen) atoms. The molecule has 2 aromatic rings. The lowest BCUT2D eigenvalue weighted by atomic mass is 9.96. The first-order chi connectivity index (χ1) is 14.6. The van der Waals surface area contributed by atoms with Gasteiger partial charge in [0.1, 0.15) is 22.3 Å². The number of benzene rings is 2. The molecule has 168 valence electrons. The topological polar surface area (TPSA) is 66.9 Å². The average molecular weight is 473 g/mol. The van der Waals surface area contributed by atoms with Crippen molar-refractivity contribution in [3.05, 3.63) is 58.6 Å². The van der Waals surface area contributed by atoms with E-state index in [2.05, 4.69) is 0 Å². The molecule has 0 radical (unpaired) electrons. The largest absolute Gasteiger partial charge is 0.496 e. The second-order valence-corrected chi connectivity index (χ2v) is 9.75. The number of hydrogen-bond donors (Lipinski definition) is 0. The molecule has 1 saturated heterocycles. The highest BCUT2D eigenvalue weighted by Gasteiger charge is 2.34. The molecule has 10 heteroatoms. The molecular formula is C21H23ClF2N2O4S. The van der Waals surface area contributed by atoms with Gasteiger partial charge in [0.25, 0.3) is 0 Å². The van der Waals surface area contributed by atoms with Crippen LogP contribution >= 0.6 is 11.6 Å². The Morgan fingerprint density at radius 2 is 1.87 bits per heavy atom. The van der Waals surface area contributed by atoms with E-state index in [1.807, 2.05) is 0 Å². The van der Waals surface area contributed by atoms with E-state index in [1.54, 1.807) is 30.1 Å². The molecule has 1 heterocycles. The molecule has 0 saturated carbocycles. The first kappa shape index (κ1) is 23.4. The molecule has 1 amide bonds. The van der Waals surface area contributed by atoms with Gasteiger partial charge in [-0.3, -0.25) is 4.79 Å². The van der Waals surface area contributed by atoms with Gasteiger partial charge in [-0.1, -0.05) is 11.6 Å². The number of rotatable bonds is 6. The summed E-state index contributed by atoms with van der Waals surface area (Å²) in [6.45, 7) is 0.377. The fourth-order valence-electron chi connectivity index (χ4n) is 3.67. The van der Waals surface area contributed by atoms with Crippen LogP contribution in [0.1, 0.15) is 18.4 Å². The van der Waals surface area contributed by atoms with Gasteiger partial charge in [0.15, 0.2) is 0 Å². The van der Waals surface area contributed by atoms with E-state index < -0.39 is 26.6 Å². The van der Waals surface area contributed by atoms with Gasteiger partial charge in [-0.25, -0.2) is 17.2 Å². The highest BCUT2D eigenvalue weighted by Crippen LogP contribution is 2.28. The van der Waals surface area contributed by atoms with Crippen LogP contribution in [0.25, 0.3) is 0 Å². The minimum absolute atomic E-state index is 0.0447. The van der Waals surface area contributed by atoms with Crippen LogP contribution in [-0.4, -0.2) is 50.8 Å². The van der Waals surface area contributed by atoms with Crippen molar-refractivity contribution in [1.29, 1.82) is 0 Å². The van der Waals surface area contributed by atoms with Crippen molar-refractivity contribution < 1.29 is 26.7 Å². The molecule has 0 atom stereocenters. The van der Waals surface area contributed by atoms with E-state index in [9.17, 15) is 22.0 Å². The number of piperidine rings is 1. The molecule has 1 aliphatic rings. The zero-order valence-electron chi connectivity index (χ0n) is 17.1. The highest BCUT2D eigenvalue weighted by molar-refractivity contribution is 7.89. The van der Waals surface area contributed by atoms with Crippen LogP contribution in [0.5, 0.6) is 5.75 Å². The van der Waals surface area contributed by atoms with E-state index in [0.29, 0.717) is 16.8 Å². The Bertz CT molecular complexity index is 1070.